The summed E-state index contributed by atoms with van der Waals surface area (Å²) >= 11 is 1.36. The van der Waals surface area contributed by atoms with Crippen molar-refractivity contribution in [2.75, 3.05) is 25.5 Å². The first-order valence-electron chi connectivity index (χ1n) is 7.91. The Morgan fingerprint density at radius 3 is 2.84 bits per heavy atom. The third-order valence-electron chi connectivity index (χ3n) is 3.50. The Kier molecular flexibility index (Phi) is 7.20. The monoisotopic (exact) mass is 355 g/mol. The van der Waals surface area contributed by atoms with Crippen LogP contribution in [0.15, 0.2) is 48.4 Å². The number of rotatable bonds is 9. The van der Waals surface area contributed by atoms with E-state index in [1.165, 1.54) is 11.3 Å². The molecule has 0 atom stereocenters. The first-order chi connectivity index (χ1) is 12.1. The summed E-state index contributed by atoms with van der Waals surface area (Å²) in [5.74, 6) is 0.730. The predicted molar refractivity (Wildman–Crippen MR) is 101 cm³/mol. The van der Waals surface area contributed by atoms with Crippen LogP contribution in [-0.4, -0.2) is 31.0 Å². The molecule has 0 saturated heterocycles. The molecule has 0 saturated carbocycles. The van der Waals surface area contributed by atoms with Crippen molar-refractivity contribution in [2.24, 2.45) is 0 Å². The lowest BCUT2D eigenvalue weighted by atomic mass is 10.2. The Morgan fingerprint density at radius 2 is 2.16 bits per heavy atom. The molecule has 0 radical (unpaired) electrons. The maximum atomic E-state index is 12.0. The smallest absolute Gasteiger partial charge is 0.226 e. The van der Waals surface area contributed by atoms with Gasteiger partial charge in [0.25, 0.3) is 0 Å². The van der Waals surface area contributed by atoms with Crippen LogP contribution < -0.4 is 10.1 Å². The van der Waals surface area contributed by atoms with Crippen LogP contribution >= 0.6 is 11.3 Å². The van der Waals surface area contributed by atoms with Crippen molar-refractivity contribution < 1.29 is 9.53 Å². The van der Waals surface area contributed by atoms with Crippen LogP contribution in [-0.2, 0) is 11.3 Å². The van der Waals surface area contributed by atoms with Crippen LogP contribution in [0.4, 0.5) is 5.00 Å². The van der Waals surface area contributed by atoms with Crippen LogP contribution in [0.25, 0.3) is 0 Å². The van der Waals surface area contributed by atoms with E-state index >= 15 is 0 Å². The predicted octanol–water partition coefficient (Wildman–Crippen LogP) is 3.65. The van der Waals surface area contributed by atoms with Crippen molar-refractivity contribution in [2.45, 2.75) is 13.0 Å². The van der Waals surface area contributed by atoms with Crippen molar-refractivity contribution >= 4 is 22.2 Å². The summed E-state index contributed by atoms with van der Waals surface area (Å²) in [5.41, 5.74) is 1.66. The normalized spacial score (nSPS) is 10.3. The molecule has 1 amide bonds. The quantitative estimate of drug-likeness (QED) is 0.698. The van der Waals surface area contributed by atoms with Gasteiger partial charge in [-0.2, -0.15) is 5.26 Å². The highest BCUT2D eigenvalue weighted by molar-refractivity contribution is 7.14. The molecule has 5 nitrogen and oxygen atoms in total. The highest BCUT2D eigenvalue weighted by Crippen LogP contribution is 2.22. The molecule has 0 aliphatic carbocycles. The zero-order valence-electron chi connectivity index (χ0n) is 14.2. The molecule has 2 rings (SSSR count). The van der Waals surface area contributed by atoms with Gasteiger partial charge in [-0.3, -0.25) is 4.79 Å². The molecule has 0 unspecified atom stereocenters. The zero-order chi connectivity index (χ0) is 18.1. The SMILES string of the molecule is C=CCOc1ccc(CN(C)CCC(=O)Nc2sccc2C#N)cc1. The summed E-state index contributed by atoms with van der Waals surface area (Å²) in [6, 6.07) is 11.7. The van der Waals surface area contributed by atoms with Crippen molar-refractivity contribution in [3.05, 3.63) is 59.5 Å². The lowest BCUT2D eigenvalue weighted by Crippen LogP contribution is -2.24. The van der Waals surface area contributed by atoms with Gasteiger partial charge in [0.15, 0.2) is 0 Å². The van der Waals surface area contributed by atoms with Gasteiger partial charge in [0.1, 0.15) is 23.4 Å². The molecule has 130 valence electrons. The highest BCUT2D eigenvalue weighted by atomic mass is 32.1. The molecular formula is C19H21N3O2S. The van der Waals surface area contributed by atoms with E-state index in [9.17, 15) is 4.79 Å². The summed E-state index contributed by atoms with van der Waals surface area (Å²) < 4.78 is 5.46. The Labute approximate surface area is 152 Å². The number of hydrogen-bond donors (Lipinski definition) is 1. The molecule has 0 spiro atoms. The Hall–Kier alpha value is -2.62. The van der Waals surface area contributed by atoms with E-state index in [-0.39, 0.29) is 5.91 Å². The van der Waals surface area contributed by atoms with Gasteiger partial charge in [0.05, 0.1) is 5.56 Å². The Morgan fingerprint density at radius 1 is 1.40 bits per heavy atom. The van der Waals surface area contributed by atoms with Gasteiger partial charge >= 0.3 is 0 Å². The number of ether oxygens (including phenoxy) is 1. The van der Waals surface area contributed by atoms with Crippen LogP contribution in [0.5, 0.6) is 5.75 Å². The van der Waals surface area contributed by atoms with Crippen LogP contribution in [0.2, 0.25) is 0 Å². The molecular weight excluding hydrogens is 334 g/mol. The summed E-state index contributed by atoms with van der Waals surface area (Å²) in [7, 11) is 1.97. The first kappa shape index (κ1) is 18.7. The number of nitriles is 1. The molecule has 0 aliphatic rings. The van der Waals surface area contributed by atoms with Gasteiger partial charge in [0, 0.05) is 19.5 Å². The number of hydrogen-bond acceptors (Lipinski definition) is 5. The van der Waals surface area contributed by atoms with Crippen molar-refractivity contribution in [3.8, 4) is 11.8 Å². The number of thiophene rings is 1. The molecule has 6 heteroatoms. The average Bonchev–Trinajstić information content (AvgIpc) is 3.06. The lowest BCUT2D eigenvalue weighted by molar-refractivity contribution is -0.116. The van der Waals surface area contributed by atoms with Gasteiger partial charge < -0.3 is 15.0 Å². The molecule has 0 aliphatic heterocycles. The van der Waals surface area contributed by atoms with Gasteiger partial charge in [-0.1, -0.05) is 24.8 Å². The van der Waals surface area contributed by atoms with Gasteiger partial charge in [0.2, 0.25) is 5.91 Å². The second-order valence-corrected chi connectivity index (χ2v) is 6.47. The Bertz CT molecular complexity index is 747. The van der Waals surface area contributed by atoms with E-state index in [1.54, 1.807) is 17.5 Å². The van der Waals surface area contributed by atoms with Crippen molar-refractivity contribution in [1.82, 2.24) is 4.90 Å². The molecule has 0 bridgehead atoms. The average molecular weight is 355 g/mol. The molecule has 1 N–H and O–H groups in total. The number of nitrogens with one attached hydrogen (secondary N) is 1. The van der Waals surface area contributed by atoms with Crippen molar-refractivity contribution in [3.63, 3.8) is 0 Å². The van der Waals surface area contributed by atoms with Gasteiger partial charge in [-0.15, -0.1) is 11.3 Å². The third-order valence-corrected chi connectivity index (χ3v) is 4.33. The third kappa shape index (κ3) is 6.07. The fraction of sp³-hybridized carbons (Fsp3) is 0.263. The van der Waals surface area contributed by atoms with E-state index in [0.29, 0.717) is 30.1 Å². The maximum Gasteiger partial charge on any atom is 0.226 e. The maximum absolute atomic E-state index is 12.0. The summed E-state index contributed by atoms with van der Waals surface area (Å²) in [5, 5.41) is 14.2. The molecule has 2 aromatic rings. The molecule has 1 aromatic carbocycles. The molecule has 25 heavy (non-hydrogen) atoms. The van der Waals surface area contributed by atoms with Crippen molar-refractivity contribution in [1.29, 1.82) is 5.26 Å². The Balaban J connectivity index is 1.76. The number of carbonyl (C=O) groups excluding carboxylic acids is 1. The fourth-order valence-electron chi connectivity index (χ4n) is 2.21. The van der Waals surface area contributed by atoms with Crippen LogP contribution in [0.3, 0.4) is 0 Å². The minimum atomic E-state index is -0.0843. The minimum Gasteiger partial charge on any atom is -0.490 e. The van der Waals surface area contributed by atoms with E-state index < -0.39 is 0 Å². The summed E-state index contributed by atoms with van der Waals surface area (Å²) in [4.78, 5) is 14.1. The number of amides is 1. The lowest BCUT2D eigenvalue weighted by Gasteiger charge is -2.16. The van der Waals surface area contributed by atoms with Gasteiger partial charge in [-0.25, -0.2) is 0 Å². The number of nitrogens with zero attached hydrogens (tertiary/aromatic N) is 2. The van der Waals surface area contributed by atoms with E-state index in [0.717, 1.165) is 17.9 Å². The van der Waals surface area contributed by atoms with Crippen LogP contribution in [0.1, 0.15) is 17.5 Å². The standard InChI is InChI=1S/C19H21N3O2S/c1-3-11-24-17-6-4-15(5-7-17)14-22(2)10-8-18(23)21-19-16(13-20)9-12-25-19/h3-7,9,12H,1,8,10-11,14H2,2H3,(H,21,23). The fourth-order valence-corrected chi connectivity index (χ4v) is 2.97. The second kappa shape index (κ2) is 9.62. The molecule has 1 heterocycles. The van der Waals surface area contributed by atoms with E-state index in [4.69, 9.17) is 10.00 Å². The molecule has 1 aromatic heterocycles. The summed E-state index contributed by atoms with van der Waals surface area (Å²) in [6.45, 7) is 5.49. The van der Waals surface area contributed by atoms with Crippen LogP contribution in [0, 0.1) is 11.3 Å². The first-order valence-corrected chi connectivity index (χ1v) is 8.79. The highest BCUT2D eigenvalue weighted by Gasteiger charge is 2.09. The second-order valence-electron chi connectivity index (χ2n) is 5.55. The van der Waals surface area contributed by atoms with Gasteiger partial charge in [-0.05, 0) is 36.2 Å². The summed E-state index contributed by atoms with van der Waals surface area (Å²) in [6.07, 6.45) is 2.09. The van der Waals surface area contributed by atoms with E-state index in [2.05, 4.69) is 22.9 Å². The zero-order valence-corrected chi connectivity index (χ0v) is 15.0. The topological polar surface area (TPSA) is 65.4 Å². The number of carbonyl (C=O) groups is 1. The number of benzene rings is 1. The number of anilines is 1. The minimum absolute atomic E-state index is 0.0843. The largest absolute Gasteiger partial charge is 0.490 e. The molecule has 0 fully saturated rings. The van der Waals surface area contributed by atoms with E-state index in [1.807, 2.05) is 31.3 Å².